The molecule has 1 aromatic rings. The van der Waals surface area contributed by atoms with E-state index in [-0.39, 0.29) is 0 Å². The van der Waals surface area contributed by atoms with Crippen LogP contribution in [-0.4, -0.2) is 15.0 Å². The number of nitrogens with zero attached hydrogens (tertiary/aromatic N) is 1. The summed E-state index contributed by atoms with van der Waals surface area (Å²) in [7, 11) is -3.65. The van der Waals surface area contributed by atoms with Crippen LogP contribution in [0.4, 0.5) is 11.4 Å². The summed E-state index contributed by atoms with van der Waals surface area (Å²) in [5, 5.41) is 5.06. The molecule has 0 bridgehead atoms. The summed E-state index contributed by atoms with van der Waals surface area (Å²) in [6, 6.07) is 5.22. The Morgan fingerprint density at radius 2 is 2.07 bits per heavy atom. The number of fused-ring (bicyclic) bond motifs is 1. The van der Waals surface area contributed by atoms with Crippen LogP contribution >= 0.6 is 0 Å². The van der Waals surface area contributed by atoms with Crippen molar-refractivity contribution in [2.75, 3.05) is 16.6 Å². The third-order valence-corrected chi connectivity index (χ3v) is 3.26. The maximum atomic E-state index is 11.2. The van der Waals surface area contributed by atoms with E-state index in [4.69, 9.17) is 10.9 Å². The third kappa shape index (κ3) is 1.42. The molecule has 1 aliphatic rings. The minimum Gasteiger partial charge on any atom is -0.399 e. The van der Waals surface area contributed by atoms with Crippen LogP contribution in [0, 0.1) is 0 Å². The first-order valence-corrected chi connectivity index (χ1v) is 5.67. The maximum absolute atomic E-state index is 11.2. The number of hydrogen-bond acceptors (Lipinski definition) is 3. The molecule has 1 aromatic carbocycles. The van der Waals surface area contributed by atoms with E-state index in [1.807, 2.05) is 6.07 Å². The Kier molecular flexibility index (Phi) is 1.90. The van der Waals surface area contributed by atoms with Gasteiger partial charge < -0.3 is 5.73 Å². The summed E-state index contributed by atoms with van der Waals surface area (Å²) < 4.78 is 23.5. The van der Waals surface area contributed by atoms with Crippen molar-refractivity contribution in [3.8, 4) is 0 Å². The molecule has 1 aliphatic heterocycles. The fraction of sp³-hybridized carbons (Fsp3) is 0.250. The van der Waals surface area contributed by atoms with Gasteiger partial charge in [0.1, 0.15) is 0 Å². The first kappa shape index (κ1) is 9.29. The van der Waals surface area contributed by atoms with Crippen LogP contribution in [0.1, 0.15) is 5.56 Å². The Labute approximate surface area is 82.5 Å². The van der Waals surface area contributed by atoms with Crippen LogP contribution in [0.5, 0.6) is 0 Å². The number of benzene rings is 1. The highest BCUT2D eigenvalue weighted by molar-refractivity contribution is 7.90. The lowest BCUT2D eigenvalue weighted by atomic mass is 10.1. The Hall–Kier alpha value is -1.27. The summed E-state index contributed by atoms with van der Waals surface area (Å²) in [6.45, 7) is 0.400. The highest BCUT2D eigenvalue weighted by Crippen LogP contribution is 2.30. The molecule has 0 radical (unpaired) electrons. The molecule has 0 amide bonds. The first-order chi connectivity index (χ1) is 6.48. The van der Waals surface area contributed by atoms with Gasteiger partial charge in [-0.25, -0.2) is 5.14 Å². The van der Waals surface area contributed by atoms with Crippen LogP contribution in [-0.2, 0) is 16.6 Å². The molecule has 6 heteroatoms. The minimum atomic E-state index is -3.65. The zero-order valence-corrected chi connectivity index (χ0v) is 8.29. The van der Waals surface area contributed by atoms with Gasteiger partial charge in [0.25, 0.3) is 10.2 Å². The van der Waals surface area contributed by atoms with E-state index in [0.29, 0.717) is 24.3 Å². The molecule has 5 nitrogen and oxygen atoms in total. The van der Waals surface area contributed by atoms with E-state index in [1.165, 1.54) is 4.31 Å². The van der Waals surface area contributed by atoms with E-state index in [0.717, 1.165) is 5.56 Å². The van der Waals surface area contributed by atoms with Crippen molar-refractivity contribution >= 4 is 21.6 Å². The van der Waals surface area contributed by atoms with Gasteiger partial charge in [0.15, 0.2) is 0 Å². The molecule has 76 valence electrons. The fourth-order valence-electron chi connectivity index (χ4n) is 1.63. The number of anilines is 2. The highest BCUT2D eigenvalue weighted by Gasteiger charge is 2.26. The molecular weight excluding hydrogens is 202 g/mol. The summed E-state index contributed by atoms with van der Waals surface area (Å²) >= 11 is 0. The monoisotopic (exact) mass is 213 g/mol. The number of nitrogens with two attached hydrogens (primary N) is 2. The third-order valence-electron chi connectivity index (χ3n) is 2.27. The molecule has 2 rings (SSSR count). The van der Waals surface area contributed by atoms with E-state index >= 15 is 0 Å². The summed E-state index contributed by atoms with van der Waals surface area (Å²) in [5.74, 6) is 0. The zero-order chi connectivity index (χ0) is 10.3. The van der Waals surface area contributed by atoms with Gasteiger partial charge in [-0.15, -0.1) is 0 Å². The SMILES string of the molecule is Nc1ccc2c(c1)N(S(N)(=O)=O)CC2. The standard InChI is InChI=1S/C8H11N3O2S/c9-7-2-1-6-3-4-11(8(6)5-7)14(10,12)13/h1-2,5H,3-4,9H2,(H2,10,12,13). The van der Waals surface area contributed by atoms with Crippen LogP contribution in [0.2, 0.25) is 0 Å². The van der Waals surface area contributed by atoms with Crippen molar-refractivity contribution < 1.29 is 8.42 Å². The summed E-state index contributed by atoms with van der Waals surface area (Å²) in [4.78, 5) is 0. The normalized spacial score (nSPS) is 15.6. The molecule has 14 heavy (non-hydrogen) atoms. The zero-order valence-electron chi connectivity index (χ0n) is 7.47. The average Bonchev–Trinajstić information content (AvgIpc) is 2.45. The predicted octanol–water partition coefficient (Wildman–Crippen LogP) is -0.165. The molecule has 0 saturated carbocycles. The summed E-state index contributed by atoms with van der Waals surface area (Å²) in [5.41, 5.74) is 7.69. The van der Waals surface area contributed by atoms with Crippen molar-refractivity contribution in [3.05, 3.63) is 23.8 Å². The molecule has 0 fully saturated rings. The van der Waals surface area contributed by atoms with E-state index < -0.39 is 10.2 Å². The number of rotatable bonds is 1. The summed E-state index contributed by atoms with van der Waals surface area (Å²) in [6.07, 6.45) is 0.687. The van der Waals surface area contributed by atoms with Gasteiger partial charge in [0.2, 0.25) is 0 Å². The molecule has 0 unspecified atom stereocenters. The lowest BCUT2D eigenvalue weighted by Gasteiger charge is -2.15. The first-order valence-electron chi connectivity index (χ1n) is 4.17. The maximum Gasteiger partial charge on any atom is 0.299 e. The van der Waals surface area contributed by atoms with Crippen molar-refractivity contribution in [1.82, 2.24) is 0 Å². The molecule has 0 aliphatic carbocycles. The second-order valence-electron chi connectivity index (χ2n) is 3.26. The average molecular weight is 213 g/mol. The molecule has 0 aromatic heterocycles. The van der Waals surface area contributed by atoms with Crippen molar-refractivity contribution in [3.63, 3.8) is 0 Å². The van der Waals surface area contributed by atoms with Gasteiger partial charge in [-0.2, -0.15) is 8.42 Å². The molecule has 0 atom stereocenters. The Balaban J connectivity index is 2.54. The van der Waals surface area contributed by atoms with Crippen molar-refractivity contribution in [2.24, 2.45) is 5.14 Å². The lowest BCUT2D eigenvalue weighted by molar-refractivity contribution is 0.594. The molecule has 4 N–H and O–H groups in total. The van der Waals surface area contributed by atoms with Crippen LogP contribution < -0.4 is 15.2 Å². The molecule has 0 saturated heterocycles. The van der Waals surface area contributed by atoms with Gasteiger partial charge in [-0.05, 0) is 24.1 Å². The van der Waals surface area contributed by atoms with Gasteiger partial charge in [0.05, 0.1) is 5.69 Å². The molecule has 0 spiro atoms. The van der Waals surface area contributed by atoms with Crippen LogP contribution in [0.15, 0.2) is 18.2 Å². The van der Waals surface area contributed by atoms with Gasteiger partial charge >= 0.3 is 0 Å². The van der Waals surface area contributed by atoms with Gasteiger partial charge in [-0.1, -0.05) is 6.07 Å². The van der Waals surface area contributed by atoms with Gasteiger partial charge in [0, 0.05) is 12.2 Å². The number of nitrogen functional groups attached to an aromatic ring is 1. The Morgan fingerprint density at radius 3 is 2.71 bits per heavy atom. The Bertz CT molecular complexity index is 469. The van der Waals surface area contributed by atoms with Crippen molar-refractivity contribution in [1.29, 1.82) is 0 Å². The number of hydrogen-bond donors (Lipinski definition) is 2. The predicted molar refractivity (Wildman–Crippen MR) is 55.0 cm³/mol. The fourth-order valence-corrected chi connectivity index (χ4v) is 2.42. The topological polar surface area (TPSA) is 89.4 Å². The van der Waals surface area contributed by atoms with E-state index in [1.54, 1.807) is 12.1 Å². The largest absolute Gasteiger partial charge is 0.399 e. The highest BCUT2D eigenvalue weighted by atomic mass is 32.2. The van der Waals surface area contributed by atoms with Crippen molar-refractivity contribution in [2.45, 2.75) is 6.42 Å². The van der Waals surface area contributed by atoms with E-state index in [2.05, 4.69) is 0 Å². The molecular formula is C8H11N3O2S. The van der Waals surface area contributed by atoms with Gasteiger partial charge in [-0.3, -0.25) is 4.31 Å². The van der Waals surface area contributed by atoms with Crippen LogP contribution in [0.25, 0.3) is 0 Å². The minimum absolute atomic E-state index is 0.400. The quantitative estimate of drug-likeness (QED) is 0.635. The second kappa shape index (κ2) is 2.86. The lowest BCUT2D eigenvalue weighted by Crippen LogP contribution is -2.35. The van der Waals surface area contributed by atoms with E-state index in [9.17, 15) is 8.42 Å². The van der Waals surface area contributed by atoms with Crippen LogP contribution in [0.3, 0.4) is 0 Å². The second-order valence-corrected chi connectivity index (χ2v) is 4.73. The smallest absolute Gasteiger partial charge is 0.299 e. The Morgan fingerprint density at radius 1 is 1.36 bits per heavy atom. The molecule has 1 heterocycles.